The number of allylic oxidation sites excluding steroid dienone is 3. The molecule has 0 aromatic carbocycles. The minimum Gasteiger partial charge on any atom is -0.465 e. The van der Waals surface area contributed by atoms with Crippen LogP contribution in [-0.4, -0.2) is 24.1 Å². The Morgan fingerprint density at radius 1 is 1.19 bits per heavy atom. The van der Waals surface area contributed by atoms with Crippen LogP contribution >= 0.6 is 15.9 Å². The van der Waals surface area contributed by atoms with Crippen LogP contribution in [0.4, 0.5) is 0 Å². The molecule has 0 aromatic heterocycles. The molecule has 0 radical (unpaired) electrons. The highest BCUT2D eigenvalue weighted by Gasteiger charge is 2.62. The van der Waals surface area contributed by atoms with Gasteiger partial charge in [0.15, 0.2) is 11.6 Å². The molecule has 0 aliphatic heterocycles. The molecule has 1 saturated carbocycles. The van der Waals surface area contributed by atoms with E-state index in [0.717, 1.165) is 19.3 Å². The molecule has 0 heterocycles. The van der Waals surface area contributed by atoms with Crippen LogP contribution in [0.25, 0.3) is 0 Å². The van der Waals surface area contributed by atoms with Crippen molar-refractivity contribution in [3.05, 3.63) is 21.2 Å². The fourth-order valence-electron chi connectivity index (χ4n) is 6.06. The summed E-state index contributed by atoms with van der Waals surface area (Å²) in [6, 6.07) is 0. The van der Waals surface area contributed by atoms with Gasteiger partial charge in [0.05, 0.1) is 11.1 Å². The van der Waals surface area contributed by atoms with Crippen molar-refractivity contribution in [2.75, 3.05) is 6.61 Å². The van der Waals surface area contributed by atoms with E-state index in [4.69, 9.17) is 4.74 Å². The van der Waals surface area contributed by atoms with E-state index in [1.807, 2.05) is 13.8 Å². The van der Waals surface area contributed by atoms with Gasteiger partial charge in [-0.15, -0.1) is 0 Å². The van der Waals surface area contributed by atoms with E-state index in [1.165, 1.54) is 6.92 Å². The third-order valence-corrected chi connectivity index (χ3v) is 7.64. The van der Waals surface area contributed by atoms with E-state index in [1.54, 1.807) is 0 Å². The molecule has 0 amide bonds. The van der Waals surface area contributed by atoms with E-state index >= 15 is 0 Å². The molecule has 0 N–H and O–H groups in total. The third kappa shape index (κ3) is 2.97. The van der Waals surface area contributed by atoms with E-state index in [-0.39, 0.29) is 52.7 Å². The molecular weight excluding hydrogens is 408 g/mol. The Morgan fingerprint density at radius 2 is 1.81 bits per heavy atom. The van der Waals surface area contributed by atoms with Crippen molar-refractivity contribution in [1.82, 2.24) is 0 Å². The van der Waals surface area contributed by atoms with Gasteiger partial charge in [-0.3, -0.25) is 14.4 Å². The Labute approximate surface area is 169 Å². The highest BCUT2D eigenvalue weighted by Crippen LogP contribution is 2.65. The SMILES string of the molecule is CC(=O)OC[C@H]1C2=C(C(=O)C(Br)=C(C(C)C)C2=O)[C@@]2(C)CCCC(C)(C)[C@H]12. The summed E-state index contributed by atoms with van der Waals surface area (Å²) in [5.74, 6) is -0.630. The maximum atomic E-state index is 13.5. The lowest BCUT2D eigenvalue weighted by Gasteiger charge is -2.50. The average molecular weight is 437 g/mol. The van der Waals surface area contributed by atoms with Crippen LogP contribution < -0.4 is 0 Å². The van der Waals surface area contributed by atoms with Crippen LogP contribution in [0.5, 0.6) is 0 Å². The highest BCUT2D eigenvalue weighted by atomic mass is 79.9. The van der Waals surface area contributed by atoms with Gasteiger partial charge in [-0.2, -0.15) is 0 Å². The summed E-state index contributed by atoms with van der Waals surface area (Å²) in [5.41, 5.74) is 1.41. The van der Waals surface area contributed by atoms with Crippen LogP contribution in [0.1, 0.15) is 60.8 Å². The first-order valence-corrected chi connectivity index (χ1v) is 10.6. The summed E-state index contributed by atoms with van der Waals surface area (Å²) >= 11 is 3.44. The topological polar surface area (TPSA) is 60.4 Å². The standard InChI is InChI=1S/C22H29BrO4/c1-11(2)14-17(23)19(26)16-15(18(14)25)13(10-27-12(3)24)20-21(4,5)8-7-9-22(16,20)6/h11,13,20H,7-10H2,1-6H3/t13-,20-,22+/m0/s1. The zero-order chi connectivity index (χ0) is 20.3. The molecule has 3 atom stereocenters. The van der Waals surface area contributed by atoms with E-state index in [9.17, 15) is 14.4 Å². The Bertz CT molecular complexity index is 786. The Morgan fingerprint density at radius 3 is 2.37 bits per heavy atom. The monoisotopic (exact) mass is 436 g/mol. The molecule has 27 heavy (non-hydrogen) atoms. The summed E-state index contributed by atoms with van der Waals surface area (Å²) in [6.07, 6.45) is 2.95. The number of halogens is 1. The summed E-state index contributed by atoms with van der Waals surface area (Å²) in [6.45, 7) is 12.0. The van der Waals surface area contributed by atoms with Crippen molar-refractivity contribution < 1.29 is 19.1 Å². The van der Waals surface area contributed by atoms with Crippen LogP contribution in [0.2, 0.25) is 0 Å². The van der Waals surface area contributed by atoms with Gasteiger partial charge >= 0.3 is 5.97 Å². The number of esters is 1. The second-order valence-corrected chi connectivity index (χ2v) is 10.3. The first kappa shape index (κ1) is 20.5. The number of fused-ring (bicyclic) bond motifs is 2. The number of rotatable bonds is 3. The van der Waals surface area contributed by atoms with Gasteiger partial charge in [0.1, 0.15) is 0 Å². The van der Waals surface area contributed by atoms with Gasteiger partial charge in [-0.05, 0) is 46.0 Å². The maximum absolute atomic E-state index is 13.5. The van der Waals surface area contributed by atoms with Crippen molar-refractivity contribution in [3.8, 4) is 0 Å². The van der Waals surface area contributed by atoms with Gasteiger partial charge in [-0.1, -0.05) is 41.0 Å². The second kappa shape index (κ2) is 6.68. The van der Waals surface area contributed by atoms with Gasteiger partial charge < -0.3 is 4.74 Å². The Hall–Kier alpha value is -1.23. The molecule has 3 rings (SSSR count). The molecule has 0 saturated heterocycles. The van der Waals surface area contributed by atoms with Crippen LogP contribution in [0, 0.1) is 28.6 Å². The number of carbonyl (C=O) groups excluding carboxylic acids is 3. The maximum Gasteiger partial charge on any atom is 0.302 e. The predicted molar refractivity (Wildman–Crippen MR) is 107 cm³/mol. The molecule has 0 unspecified atom stereocenters. The largest absolute Gasteiger partial charge is 0.465 e. The molecule has 4 nitrogen and oxygen atoms in total. The molecule has 1 fully saturated rings. The minimum atomic E-state index is -0.365. The number of hydrogen-bond acceptors (Lipinski definition) is 4. The summed E-state index contributed by atoms with van der Waals surface area (Å²) in [7, 11) is 0. The van der Waals surface area contributed by atoms with Crippen molar-refractivity contribution in [2.24, 2.45) is 28.6 Å². The summed E-state index contributed by atoms with van der Waals surface area (Å²) in [4.78, 5) is 38.4. The highest BCUT2D eigenvalue weighted by molar-refractivity contribution is 9.12. The van der Waals surface area contributed by atoms with Crippen molar-refractivity contribution in [2.45, 2.75) is 60.8 Å². The quantitative estimate of drug-likeness (QED) is 0.472. The first-order valence-electron chi connectivity index (χ1n) is 9.80. The molecule has 0 aromatic rings. The number of carbonyl (C=O) groups is 3. The zero-order valence-corrected chi connectivity index (χ0v) is 18.7. The first-order chi connectivity index (χ1) is 12.4. The van der Waals surface area contributed by atoms with Crippen molar-refractivity contribution >= 4 is 33.5 Å². The lowest BCUT2D eigenvalue weighted by Crippen LogP contribution is -2.45. The molecule has 3 aliphatic rings. The molecule has 5 heteroatoms. The van der Waals surface area contributed by atoms with E-state index in [2.05, 4.69) is 36.7 Å². The molecule has 148 valence electrons. The number of hydrogen-bond donors (Lipinski definition) is 0. The summed E-state index contributed by atoms with van der Waals surface area (Å²) < 4.78 is 5.82. The van der Waals surface area contributed by atoms with Crippen molar-refractivity contribution in [3.63, 3.8) is 0 Å². The summed E-state index contributed by atoms with van der Waals surface area (Å²) in [5, 5.41) is 0. The molecule has 0 bridgehead atoms. The Kier molecular flexibility index (Phi) is 5.07. The normalized spacial score (nSPS) is 32.7. The number of ketones is 2. The smallest absolute Gasteiger partial charge is 0.302 e. The fourth-order valence-corrected chi connectivity index (χ4v) is 6.89. The predicted octanol–water partition coefficient (Wildman–Crippen LogP) is 4.77. The zero-order valence-electron chi connectivity index (χ0n) is 17.1. The average Bonchev–Trinajstić information content (AvgIpc) is 2.80. The second-order valence-electron chi connectivity index (χ2n) is 9.48. The minimum absolute atomic E-state index is 0.0415. The third-order valence-electron chi connectivity index (χ3n) is 6.85. The van der Waals surface area contributed by atoms with Crippen molar-refractivity contribution in [1.29, 1.82) is 0 Å². The van der Waals surface area contributed by atoms with Gasteiger partial charge in [-0.25, -0.2) is 0 Å². The van der Waals surface area contributed by atoms with Crippen LogP contribution in [0.15, 0.2) is 21.2 Å². The number of ether oxygens (including phenoxy) is 1. The lowest BCUT2D eigenvalue weighted by molar-refractivity contribution is -0.144. The van der Waals surface area contributed by atoms with Gasteiger partial charge in [0.25, 0.3) is 0 Å². The molecule has 3 aliphatic carbocycles. The van der Waals surface area contributed by atoms with Crippen LogP contribution in [0.3, 0.4) is 0 Å². The lowest BCUT2D eigenvalue weighted by atomic mass is 9.54. The molecular formula is C22H29BrO4. The fraction of sp³-hybridized carbons (Fsp3) is 0.682. The molecule has 0 spiro atoms. The van der Waals surface area contributed by atoms with E-state index in [0.29, 0.717) is 21.2 Å². The van der Waals surface area contributed by atoms with E-state index < -0.39 is 0 Å². The van der Waals surface area contributed by atoms with Gasteiger partial charge in [0.2, 0.25) is 0 Å². The van der Waals surface area contributed by atoms with Gasteiger partial charge in [0, 0.05) is 35.0 Å². The Balaban J connectivity index is 2.20. The number of Topliss-reactive ketones (excluding diaryl/α,β-unsaturated/α-hetero) is 2. The van der Waals surface area contributed by atoms with Crippen LogP contribution in [-0.2, 0) is 19.1 Å².